The van der Waals surface area contributed by atoms with Crippen LogP contribution in [0.1, 0.15) is 71.4 Å². The average Bonchev–Trinajstić information content (AvgIpc) is 2.81. The lowest BCUT2D eigenvalue weighted by molar-refractivity contribution is -0.146. The van der Waals surface area contributed by atoms with Crippen molar-refractivity contribution in [2.24, 2.45) is 11.8 Å². The monoisotopic (exact) mass is 511 g/mol. The fourth-order valence-corrected chi connectivity index (χ4v) is 4.23. The minimum atomic E-state index is -0.695. The number of carbonyl (C=O) groups excluding carboxylic acids is 2. The average molecular weight is 512 g/mol. The van der Waals surface area contributed by atoms with Crippen LogP contribution in [0.3, 0.4) is 0 Å². The van der Waals surface area contributed by atoms with E-state index in [1.165, 1.54) is 0 Å². The largest absolute Gasteiger partial charge is 0.463 e. The van der Waals surface area contributed by atoms with Crippen LogP contribution in [0.2, 0.25) is 0 Å². The first-order valence-corrected chi connectivity index (χ1v) is 13.4. The van der Waals surface area contributed by atoms with E-state index in [9.17, 15) is 14.7 Å². The summed E-state index contributed by atoms with van der Waals surface area (Å²) in [6, 6.07) is 13.4. The first-order chi connectivity index (χ1) is 17.5. The molecule has 3 N–H and O–H groups in total. The molecule has 0 aliphatic carbocycles. The number of aliphatic hydroxyl groups is 1. The number of carbonyl (C=O) groups is 2. The van der Waals surface area contributed by atoms with E-state index in [2.05, 4.69) is 43.2 Å². The summed E-state index contributed by atoms with van der Waals surface area (Å²) in [5.74, 6) is 0.476. The number of rotatable bonds is 13. The van der Waals surface area contributed by atoms with E-state index in [1.807, 2.05) is 56.3 Å². The Hall–Kier alpha value is -3.06. The number of aryl methyl sites for hydroxylation is 1. The quantitative estimate of drug-likeness (QED) is 0.265. The smallest absolute Gasteiger partial charge is 0.323 e. The van der Waals surface area contributed by atoms with Gasteiger partial charge in [-0.05, 0) is 67.9 Å². The number of anilines is 3. The Kier molecular flexibility index (Phi) is 11.9. The van der Waals surface area contributed by atoms with Crippen molar-refractivity contribution in [2.75, 3.05) is 35.2 Å². The summed E-state index contributed by atoms with van der Waals surface area (Å²) in [5, 5.41) is 15.4. The molecule has 0 bridgehead atoms. The van der Waals surface area contributed by atoms with Gasteiger partial charge in [0.25, 0.3) is 0 Å². The van der Waals surface area contributed by atoms with Crippen molar-refractivity contribution < 1.29 is 19.4 Å². The molecular weight excluding hydrogens is 466 g/mol. The molecule has 2 aromatic rings. The predicted molar refractivity (Wildman–Crippen MR) is 152 cm³/mol. The maximum atomic E-state index is 13.0. The fourth-order valence-electron chi connectivity index (χ4n) is 4.23. The molecule has 0 aliphatic rings. The van der Waals surface area contributed by atoms with Crippen LogP contribution in [0.25, 0.3) is 0 Å². The Morgan fingerprint density at radius 1 is 0.946 bits per heavy atom. The van der Waals surface area contributed by atoms with Gasteiger partial charge in [-0.15, -0.1) is 0 Å². The van der Waals surface area contributed by atoms with Crippen LogP contribution in [0, 0.1) is 18.8 Å². The Balaban J connectivity index is 2.37. The number of hydrogen-bond acceptors (Lipinski definition) is 5. The number of hydrogen-bond donors (Lipinski definition) is 3. The zero-order valence-electron chi connectivity index (χ0n) is 23.5. The fraction of sp³-hybridized carbons (Fsp3) is 0.533. The van der Waals surface area contributed by atoms with Gasteiger partial charge >= 0.3 is 12.0 Å². The number of amides is 2. The van der Waals surface area contributed by atoms with Gasteiger partial charge in [-0.1, -0.05) is 58.4 Å². The summed E-state index contributed by atoms with van der Waals surface area (Å²) in [7, 11) is 0. The number of urea groups is 1. The second-order valence-electron chi connectivity index (χ2n) is 10.8. The van der Waals surface area contributed by atoms with Crippen molar-refractivity contribution in [3.8, 4) is 0 Å². The van der Waals surface area contributed by atoms with Gasteiger partial charge in [0, 0.05) is 18.8 Å². The molecular formula is C30H45N3O4. The van der Waals surface area contributed by atoms with Crippen molar-refractivity contribution in [3.05, 3.63) is 53.6 Å². The summed E-state index contributed by atoms with van der Waals surface area (Å²) < 4.78 is 5.20. The minimum absolute atomic E-state index is 0.0143. The number of nitrogens with one attached hydrogen (secondary N) is 2. The maximum absolute atomic E-state index is 13.0. The van der Waals surface area contributed by atoms with Gasteiger partial charge in [0.1, 0.15) is 6.61 Å². The molecule has 0 radical (unpaired) electrons. The van der Waals surface area contributed by atoms with Gasteiger partial charge < -0.3 is 25.4 Å². The van der Waals surface area contributed by atoms with Crippen molar-refractivity contribution >= 4 is 29.1 Å². The first-order valence-electron chi connectivity index (χ1n) is 13.4. The van der Waals surface area contributed by atoms with Crippen LogP contribution in [0.5, 0.6) is 0 Å². The van der Waals surface area contributed by atoms with Gasteiger partial charge in [-0.2, -0.15) is 0 Å². The van der Waals surface area contributed by atoms with E-state index < -0.39 is 6.10 Å². The second kappa shape index (κ2) is 14.6. The number of aliphatic hydroxyl groups excluding tert-OH is 1. The molecule has 7 nitrogen and oxygen atoms in total. The lowest BCUT2D eigenvalue weighted by Gasteiger charge is -2.31. The summed E-state index contributed by atoms with van der Waals surface area (Å²) in [4.78, 5) is 27.7. The first kappa shape index (κ1) is 30.2. The summed E-state index contributed by atoms with van der Waals surface area (Å²) >= 11 is 0. The van der Waals surface area contributed by atoms with Gasteiger partial charge in [-0.3, -0.25) is 4.79 Å². The second-order valence-corrected chi connectivity index (χ2v) is 10.8. The van der Waals surface area contributed by atoms with Crippen LogP contribution in [0.15, 0.2) is 42.5 Å². The maximum Gasteiger partial charge on any atom is 0.323 e. The third-order valence-electron chi connectivity index (χ3n) is 5.95. The minimum Gasteiger partial charge on any atom is -0.463 e. The molecule has 2 amide bonds. The summed E-state index contributed by atoms with van der Waals surface area (Å²) in [6.07, 6.45) is 0.248. The van der Waals surface area contributed by atoms with Gasteiger partial charge in [0.15, 0.2) is 0 Å². The molecule has 204 valence electrons. The van der Waals surface area contributed by atoms with Crippen LogP contribution < -0.4 is 15.5 Å². The topological polar surface area (TPSA) is 90.9 Å². The van der Waals surface area contributed by atoms with Crippen molar-refractivity contribution in [2.45, 2.75) is 73.3 Å². The molecule has 0 spiro atoms. The molecule has 0 fully saturated rings. The molecule has 0 heterocycles. The number of ether oxygens (including phenoxy) is 1. The molecule has 2 rings (SSSR count). The highest BCUT2D eigenvalue weighted by atomic mass is 16.5. The third-order valence-corrected chi connectivity index (χ3v) is 5.95. The van der Waals surface area contributed by atoms with E-state index >= 15 is 0 Å². The van der Waals surface area contributed by atoms with Crippen molar-refractivity contribution in [1.82, 2.24) is 0 Å². The zero-order chi connectivity index (χ0) is 27.5. The standard InChI is InChI=1S/C30H45N3O4/c1-8-24(16-29(35)37-19-23(7)34)25-11-14-28(33(17-20(2)3)18-21(4)5)27(15-25)32-30(36)31-26-12-9-22(6)10-13-26/h9-15,20-21,23-24,34H,8,16-19H2,1-7H3,(H2,31,32,36)/t23-,24-/m0/s1. The highest BCUT2D eigenvalue weighted by Gasteiger charge is 2.21. The summed E-state index contributed by atoms with van der Waals surface area (Å²) in [5.41, 5.74) is 4.46. The van der Waals surface area contributed by atoms with Crippen molar-refractivity contribution in [3.63, 3.8) is 0 Å². The molecule has 7 heteroatoms. The highest BCUT2D eigenvalue weighted by molar-refractivity contribution is 6.02. The molecule has 2 aromatic carbocycles. The molecule has 0 aliphatic heterocycles. The number of benzene rings is 2. The van der Waals surface area contributed by atoms with Gasteiger partial charge in [0.05, 0.1) is 23.9 Å². The lowest BCUT2D eigenvalue weighted by Crippen LogP contribution is -2.32. The lowest BCUT2D eigenvalue weighted by atomic mass is 9.92. The Morgan fingerprint density at radius 2 is 1.57 bits per heavy atom. The van der Waals surface area contributed by atoms with E-state index in [4.69, 9.17) is 4.74 Å². The highest BCUT2D eigenvalue weighted by Crippen LogP contribution is 2.34. The Morgan fingerprint density at radius 3 is 2.11 bits per heavy atom. The van der Waals surface area contributed by atoms with E-state index in [0.717, 1.165) is 36.3 Å². The molecule has 0 saturated heterocycles. The SMILES string of the molecule is CC[C@@H](CC(=O)OC[C@H](C)O)c1ccc(N(CC(C)C)CC(C)C)c(NC(=O)Nc2ccc(C)cc2)c1. The van der Waals surface area contributed by atoms with Crippen LogP contribution >= 0.6 is 0 Å². The van der Waals surface area contributed by atoms with Gasteiger partial charge in [-0.25, -0.2) is 4.79 Å². The Bertz CT molecular complexity index is 992. The van der Waals surface area contributed by atoms with Gasteiger partial charge in [0.2, 0.25) is 0 Å². The molecule has 0 aromatic heterocycles. The summed E-state index contributed by atoms with van der Waals surface area (Å²) in [6.45, 7) is 16.1. The van der Waals surface area contributed by atoms with Crippen molar-refractivity contribution in [1.29, 1.82) is 0 Å². The van der Waals surface area contributed by atoms with E-state index in [-0.39, 0.29) is 30.9 Å². The molecule has 37 heavy (non-hydrogen) atoms. The van der Waals surface area contributed by atoms with Crippen LogP contribution in [-0.4, -0.2) is 42.9 Å². The normalized spacial score (nSPS) is 12.8. The zero-order valence-corrected chi connectivity index (χ0v) is 23.5. The van der Waals surface area contributed by atoms with E-state index in [1.54, 1.807) is 6.92 Å². The third kappa shape index (κ3) is 10.4. The molecule has 2 atom stereocenters. The number of nitrogens with zero attached hydrogens (tertiary/aromatic N) is 1. The predicted octanol–water partition coefficient (Wildman–Crippen LogP) is 6.57. The molecule has 0 saturated carbocycles. The Labute approximate surface area is 222 Å². The van der Waals surface area contributed by atoms with Crippen LogP contribution in [0.4, 0.5) is 21.9 Å². The van der Waals surface area contributed by atoms with Crippen LogP contribution in [-0.2, 0) is 9.53 Å². The molecule has 0 unspecified atom stereocenters. The number of esters is 1. The van der Waals surface area contributed by atoms with E-state index in [0.29, 0.717) is 23.2 Å².